The van der Waals surface area contributed by atoms with Crippen LogP contribution in [0.4, 0.5) is 0 Å². The Kier molecular flexibility index (Phi) is 6.78. The van der Waals surface area contributed by atoms with Gasteiger partial charge in [-0.15, -0.1) is 0 Å². The van der Waals surface area contributed by atoms with Crippen molar-refractivity contribution < 1.29 is 24.1 Å². The van der Waals surface area contributed by atoms with Gasteiger partial charge >= 0.3 is 5.97 Å². The second kappa shape index (κ2) is 9.28. The quantitative estimate of drug-likeness (QED) is 0.689. The van der Waals surface area contributed by atoms with Gasteiger partial charge in [0.25, 0.3) is 0 Å². The number of aliphatic hydroxyl groups is 1. The van der Waals surface area contributed by atoms with Gasteiger partial charge in [-0.1, -0.05) is 11.6 Å². The Morgan fingerprint density at radius 2 is 1.89 bits per heavy atom. The van der Waals surface area contributed by atoms with Gasteiger partial charge in [-0.3, -0.25) is 0 Å². The molecule has 1 heterocycles. The molecule has 0 aromatic heterocycles. The minimum atomic E-state index is -0.446. The summed E-state index contributed by atoms with van der Waals surface area (Å²) >= 11 is 5.85. The van der Waals surface area contributed by atoms with Gasteiger partial charge < -0.3 is 24.6 Å². The van der Waals surface area contributed by atoms with E-state index in [0.717, 1.165) is 24.1 Å². The Hall–Kier alpha value is -2.28. The van der Waals surface area contributed by atoms with E-state index in [9.17, 15) is 9.90 Å². The number of carbonyl (C=O) groups excluding carboxylic acids is 1. The number of hydrogen-bond acceptors (Lipinski definition) is 6. The molecule has 2 unspecified atom stereocenters. The SMILES string of the molecule is COc1cc2c(cc1OC)C(C(CO)COC(=O)c1ccc(Cl)cc1)NCC2. The Bertz CT molecular complexity index is 824. The van der Waals surface area contributed by atoms with Gasteiger partial charge in [0, 0.05) is 17.0 Å². The lowest BCUT2D eigenvalue weighted by Crippen LogP contribution is -2.38. The molecule has 28 heavy (non-hydrogen) atoms. The highest BCUT2D eigenvalue weighted by Gasteiger charge is 2.30. The highest BCUT2D eigenvalue weighted by molar-refractivity contribution is 6.30. The smallest absolute Gasteiger partial charge is 0.338 e. The van der Waals surface area contributed by atoms with Gasteiger partial charge in [0.2, 0.25) is 0 Å². The molecule has 0 bridgehead atoms. The van der Waals surface area contributed by atoms with Crippen LogP contribution in [0.3, 0.4) is 0 Å². The van der Waals surface area contributed by atoms with Crippen LogP contribution in [0, 0.1) is 5.92 Å². The molecule has 0 amide bonds. The van der Waals surface area contributed by atoms with Crippen molar-refractivity contribution in [3.8, 4) is 11.5 Å². The molecule has 2 N–H and O–H groups in total. The summed E-state index contributed by atoms with van der Waals surface area (Å²) in [6, 6.07) is 10.2. The number of halogens is 1. The van der Waals surface area contributed by atoms with Crippen LogP contribution in [0.15, 0.2) is 36.4 Å². The zero-order valence-electron chi connectivity index (χ0n) is 15.9. The number of nitrogens with one attached hydrogen (secondary N) is 1. The molecule has 150 valence electrons. The fourth-order valence-electron chi connectivity index (χ4n) is 3.44. The van der Waals surface area contributed by atoms with Gasteiger partial charge in [-0.05, 0) is 60.5 Å². The molecule has 3 rings (SSSR count). The number of ether oxygens (including phenoxy) is 3. The molecule has 1 aliphatic heterocycles. The molecule has 0 aliphatic carbocycles. The van der Waals surface area contributed by atoms with Crippen LogP contribution in [0.2, 0.25) is 5.02 Å². The highest BCUT2D eigenvalue weighted by Crippen LogP contribution is 2.37. The maximum Gasteiger partial charge on any atom is 0.338 e. The van der Waals surface area contributed by atoms with E-state index < -0.39 is 5.97 Å². The van der Waals surface area contributed by atoms with Gasteiger partial charge in [-0.25, -0.2) is 4.79 Å². The average Bonchev–Trinajstić information content (AvgIpc) is 2.73. The van der Waals surface area contributed by atoms with Crippen LogP contribution in [0.5, 0.6) is 11.5 Å². The van der Waals surface area contributed by atoms with Crippen molar-refractivity contribution in [2.45, 2.75) is 12.5 Å². The van der Waals surface area contributed by atoms with Gasteiger partial charge in [-0.2, -0.15) is 0 Å². The van der Waals surface area contributed by atoms with Crippen LogP contribution in [0.1, 0.15) is 27.5 Å². The third-order valence-electron chi connectivity index (χ3n) is 4.95. The average molecular weight is 406 g/mol. The number of hydrogen-bond donors (Lipinski definition) is 2. The number of aliphatic hydroxyl groups excluding tert-OH is 1. The molecule has 2 aromatic rings. The minimum Gasteiger partial charge on any atom is -0.493 e. The summed E-state index contributed by atoms with van der Waals surface area (Å²) in [4.78, 5) is 12.3. The second-order valence-electron chi connectivity index (χ2n) is 6.64. The monoisotopic (exact) mass is 405 g/mol. The molecule has 1 aliphatic rings. The maximum atomic E-state index is 12.3. The first-order chi connectivity index (χ1) is 13.6. The van der Waals surface area contributed by atoms with Crippen LogP contribution >= 0.6 is 11.6 Å². The summed E-state index contributed by atoms with van der Waals surface area (Å²) in [5.41, 5.74) is 2.57. The number of esters is 1. The fourth-order valence-corrected chi connectivity index (χ4v) is 3.57. The number of benzene rings is 2. The zero-order chi connectivity index (χ0) is 20.1. The molecule has 6 nitrogen and oxygen atoms in total. The third-order valence-corrected chi connectivity index (χ3v) is 5.21. The van der Waals surface area contributed by atoms with E-state index in [1.165, 1.54) is 0 Å². The molecule has 0 spiro atoms. The molecular weight excluding hydrogens is 382 g/mol. The van der Waals surface area contributed by atoms with E-state index in [1.54, 1.807) is 38.5 Å². The van der Waals surface area contributed by atoms with Crippen molar-refractivity contribution in [3.05, 3.63) is 58.1 Å². The van der Waals surface area contributed by atoms with Gasteiger partial charge in [0.15, 0.2) is 11.5 Å². The Balaban J connectivity index is 1.76. The molecular formula is C21H24ClNO5. The Morgan fingerprint density at radius 1 is 1.21 bits per heavy atom. The number of methoxy groups -OCH3 is 2. The third kappa shape index (κ3) is 4.41. The van der Waals surface area contributed by atoms with Gasteiger partial charge in [0.05, 0.1) is 33.0 Å². The van der Waals surface area contributed by atoms with E-state index in [0.29, 0.717) is 22.1 Å². The zero-order valence-corrected chi connectivity index (χ0v) is 16.7. The predicted octanol–water partition coefficient (Wildman–Crippen LogP) is 3.01. The number of rotatable bonds is 7. The largest absolute Gasteiger partial charge is 0.493 e. The molecule has 0 saturated carbocycles. The topological polar surface area (TPSA) is 77.0 Å². The molecule has 0 fully saturated rings. The van der Waals surface area contributed by atoms with Crippen LogP contribution in [-0.4, -0.2) is 45.1 Å². The van der Waals surface area contributed by atoms with Crippen LogP contribution < -0.4 is 14.8 Å². The molecule has 2 aromatic carbocycles. The second-order valence-corrected chi connectivity index (χ2v) is 7.07. The summed E-state index contributed by atoms with van der Waals surface area (Å²) in [6.07, 6.45) is 0.842. The summed E-state index contributed by atoms with van der Waals surface area (Å²) in [5.74, 6) is 0.563. The molecule has 0 radical (unpaired) electrons. The van der Waals surface area contributed by atoms with Gasteiger partial charge in [0.1, 0.15) is 0 Å². The Labute approximate surface area is 169 Å². The fraction of sp³-hybridized carbons (Fsp3) is 0.381. The van der Waals surface area contributed by atoms with Crippen LogP contribution in [0.25, 0.3) is 0 Å². The number of carbonyl (C=O) groups is 1. The standard InChI is InChI=1S/C21H24ClNO5/c1-26-18-9-14-7-8-23-20(17(14)10-19(18)27-2)15(11-24)12-28-21(25)13-3-5-16(22)6-4-13/h3-6,9-10,15,20,23-24H,7-8,11-12H2,1-2H3. The first kappa shape index (κ1) is 20.5. The maximum absolute atomic E-state index is 12.3. The van der Waals surface area contributed by atoms with E-state index in [4.69, 9.17) is 25.8 Å². The lowest BCUT2D eigenvalue weighted by Gasteiger charge is -2.33. The normalized spacial score (nSPS) is 16.8. The lowest BCUT2D eigenvalue weighted by atomic mass is 9.86. The number of fused-ring (bicyclic) bond motifs is 1. The Morgan fingerprint density at radius 3 is 2.54 bits per heavy atom. The van der Waals surface area contributed by atoms with E-state index >= 15 is 0 Å². The minimum absolute atomic E-state index is 0.0867. The first-order valence-electron chi connectivity index (χ1n) is 9.09. The van der Waals surface area contributed by atoms with E-state index in [2.05, 4.69) is 5.32 Å². The predicted molar refractivity (Wildman–Crippen MR) is 106 cm³/mol. The summed E-state index contributed by atoms with van der Waals surface area (Å²) in [7, 11) is 3.20. The van der Waals surface area contributed by atoms with Crippen molar-refractivity contribution in [1.29, 1.82) is 0 Å². The van der Waals surface area contributed by atoms with E-state index in [-0.39, 0.29) is 25.2 Å². The van der Waals surface area contributed by atoms with Crippen molar-refractivity contribution in [2.75, 3.05) is 34.0 Å². The lowest BCUT2D eigenvalue weighted by molar-refractivity contribution is 0.0333. The van der Waals surface area contributed by atoms with Crippen molar-refractivity contribution >= 4 is 17.6 Å². The van der Waals surface area contributed by atoms with E-state index in [1.807, 2.05) is 12.1 Å². The molecule has 2 atom stereocenters. The summed E-state index contributed by atoms with van der Waals surface area (Å²) in [5, 5.41) is 13.9. The summed E-state index contributed by atoms with van der Waals surface area (Å²) in [6.45, 7) is 0.720. The van der Waals surface area contributed by atoms with Crippen LogP contribution in [-0.2, 0) is 11.2 Å². The summed E-state index contributed by atoms with van der Waals surface area (Å²) < 4.78 is 16.3. The molecule has 0 saturated heterocycles. The first-order valence-corrected chi connectivity index (χ1v) is 9.47. The highest BCUT2D eigenvalue weighted by atomic mass is 35.5. The van der Waals surface area contributed by atoms with Crippen molar-refractivity contribution in [2.24, 2.45) is 5.92 Å². The molecule has 7 heteroatoms. The van der Waals surface area contributed by atoms with Crippen molar-refractivity contribution in [3.63, 3.8) is 0 Å². The van der Waals surface area contributed by atoms with Crippen molar-refractivity contribution in [1.82, 2.24) is 5.32 Å².